The number of hydrogen-bond acceptors (Lipinski definition) is 5. The zero-order valence-corrected chi connectivity index (χ0v) is 16.6. The van der Waals surface area contributed by atoms with Crippen molar-refractivity contribution in [2.45, 2.75) is 0 Å². The Morgan fingerprint density at radius 2 is 1.41 bits per heavy atom. The number of amidine groups is 2. The van der Waals surface area contributed by atoms with E-state index in [-0.39, 0.29) is 14.5 Å². The van der Waals surface area contributed by atoms with Crippen molar-refractivity contribution in [2.24, 2.45) is 21.8 Å². The molecule has 0 saturated carbocycles. The molecule has 0 bridgehead atoms. The molecule has 0 spiro atoms. The molecule has 0 amide bonds. The molecule has 2 aromatic heterocycles. The van der Waals surface area contributed by atoms with Crippen LogP contribution in [0.15, 0.2) is 65.0 Å². The first-order valence-electron chi connectivity index (χ1n) is 8.03. The summed E-state index contributed by atoms with van der Waals surface area (Å²) in [5.74, 6) is 0.659. The maximum atomic E-state index is 5.83. The molecule has 0 unspecified atom stereocenters. The number of rotatable bonds is 6. The van der Waals surface area contributed by atoms with E-state index in [2.05, 4.69) is 32.3 Å². The van der Waals surface area contributed by atoms with Crippen LogP contribution < -0.4 is 11.5 Å². The summed E-state index contributed by atoms with van der Waals surface area (Å²) in [6, 6.07) is 16.0. The second-order valence-corrected chi connectivity index (χ2v) is 7.77. The van der Waals surface area contributed by atoms with Crippen LogP contribution in [-0.4, -0.2) is 45.4 Å². The van der Waals surface area contributed by atoms with Gasteiger partial charge >= 0.3 is 163 Å². The molecule has 0 atom stereocenters. The molecule has 0 saturated heterocycles. The van der Waals surface area contributed by atoms with Crippen LogP contribution in [0.4, 0.5) is 0 Å². The molecule has 1 aromatic carbocycles. The van der Waals surface area contributed by atoms with Crippen LogP contribution in [0, 0.1) is 0 Å². The summed E-state index contributed by atoms with van der Waals surface area (Å²) in [6.45, 7) is 0. The average molecular weight is 428 g/mol. The molecule has 0 aliphatic heterocycles. The molecular weight excluding hydrogens is 409 g/mol. The zero-order valence-electron chi connectivity index (χ0n) is 14.9. The predicted molar refractivity (Wildman–Crippen MR) is 108 cm³/mol. The van der Waals surface area contributed by atoms with Gasteiger partial charge in [0.15, 0.2) is 0 Å². The third-order valence-corrected chi connectivity index (χ3v) is 6.19. The normalized spacial score (nSPS) is 12.1. The number of benzene rings is 1. The van der Waals surface area contributed by atoms with E-state index in [0.29, 0.717) is 11.7 Å². The summed E-state index contributed by atoms with van der Waals surface area (Å²) in [4.78, 5) is 13.9. The molecule has 2 heterocycles. The van der Waals surface area contributed by atoms with Crippen molar-refractivity contribution >= 4 is 26.2 Å². The fraction of sp³-hybridized carbons (Fsp3) is 0.105. The van der Waals surface area contributed by atoms with E-state index in [0.717, 1.165) is 22.4 Å². The number of nitrogens with two attached hydrogens (primary N) is 2. The fourth-order valence-corrected chi connectivity index (χ4v) is 4.50. The summed E-state index contributed by atoms with van der Waals surface area (Å²) < 4.78 is 2.48. The number of nitrogens with zero attached hydrogens (tertiary/aromatic N) is 3. The topological polar surface area (TPSA) is 108 Å². The molecule has 7 nitrogen and oxygen atoms in total. The van der Waals surface area contributed by atoms with Crippen LogP contribution in [0.25, 0.3) is 20.1 Å². The van der Waals surface area contributed by atoms with Crippen molar-refractivity contribution in [3.63, 3.8) is 0 Å². The summed E-state index contributed by atoms with van der Waals surface area (Å²) in [6.07, 6.45) is 1.70. The Balaban J connectivity index is 1.80. The molecule has 0 aliphatic carbocycles. The Morgan fingerprint density at radius 3 is 2.00 bits per heavy atom. The third kappa shape index (κ3) is 4.36. The van der Waals surface area contributed by atoms with Crippen molar-refractivity contribution < 1.29 is 9.68 Å². The van der Waals surface area contributed by atoms with E-state index in [1.165, 1.54) is 23.1 Å². The molecule has 27 heavy (non-hydrogen) atoms. The Labute approximate surface area is 163 Å². The van der Waals surface area contributed by atoms with E-state index < -0.39 is 0 Å². The fourth-order valence-electron chi connectivity index (χ4n) is 2.43. The van der Waals surface area contributed by atoms with Gasteiger partial charge in [-0.25, -0.2) is 0 Å². The second-order valence-electron chi connectivity index (χ2n) is 5.49. The van der Waals surface area contributed by atoms with E-state index >= 15 is 0 Å². The van der Waals surface area contributed by atoms with Crippen LogP contribution in [0.3, 0.4) is 0 Å². The van der Waals surface area contributed by atoms with Crippen LogP contribution in [-0.2, 0) is 9.68 Å². The molecule has 0 aliphatic rings. The second kappa shape index (κ2) is 8.53. The van der Waals surface area contributed by atoms with Crippen molar-refractivity contribution in [3.05, 3.63) is 65.9 Å². The van der Waals surface area contributed by atoms with Crippen LogP contribution in [0.5, 0.6) is 0 Å². The van der Waals surface area contributed by atoms with Gasteiger partial charge in [-0.2, -0.15) is 0 Å². The van der Waals surface area contributed by atoms with Crippen LogP contribution >= 0.6 is 0 Å². The van der Waals surface area contributed by atoms with E-state index in [1.807, 2.05) is 36.4 Å². The maximum absolute atomic E-state index is 5.83. The van der Waals surface area contributed by atoms with Gasteiger partial charge in [-0.15, -0.1) is 0 Å². The van der Waals surface area contributed by atoms with E-state index in [4.69, 9.17) is 16.3 Å². The Hall–Kier alpha value is -3.09. The minimum atomic E-state index is 0.161. The molecule has 3 aromatic rings. The molecule has 4 N–H and O–H groups in total. The first-order valence-corrected chi connectivity index (χ1v) is 9.74. The number of aromatic nitrogens is 1. The summed E-state index contributed by atoms with van der Waals surface area (Å²) in [5, 5.41) is 7.46. The first-order chi connectivity index (χ1) is 13.1. The number of pyridine rings is 1. The molecule has 0 radical (unpaired) electrons. The number of oxime groups is 2. The van der Waals surface area contributed by atoms with Gasteiger partial charge in [-0.3, -0.25) is 0 Å². The molecule has 138 valence electrons. The van der Waals surface area contributed by atoms with Gasteiger partial charge < -0.3 is 0 Å². The zero-order chi connectivity index (χ0) is 19.2. The summed E-state index contributed by atoms with van der Waals surface area (Å²) >= 11 is 0.161. The molecule has 3 rings (SSSR count). The van der Waals surface area contributed by atoms with E-state index in [9.17, 15) is 0 Å². The first kappa shape index (κ1) is 18.7. The average Bonchev–Trinajstić information content (AvgIpc) is 3.19. The Kier molecular flexibility index (Phi) is 5.90. The van der Waals surface area contributed by atoms with Gasteiger partial charge in [-0.05, 0) is 0 Å². The van der Waals surface area contributed by atoms with Crippen molar-refractivity contribution in [3.8, 4) is 20.1 Å². The van der Waals surface area contributed by atoms with E-state index in [1.54, 1.807) is 6.20 Å². The molecule has 0 fully saturated rings. The quantitative estimate of drug-likeness (QED) is 0.270. The molecular formula is C19H19N5O2Se. The third-order valence-electron chi connectivity index (χ3n) is 3.76. The monoisotopic (exact) mass is 429 g/mol. The van der Waals surface area contributed by atoms with Crippen molar-refractivity contribution in [1.82, 2.24) is 4.98 Å². The Morgan fingerprint density at radius 1 is 0.815 bits per heavy atom. The summed E-state index contributed by atoms with van der Waals surface area (Å²) in [7, 11) is 2.93. The SMILES string of the molecule is CO/N=C(\N)c1ccc(-c2ccc(-c3ccc(/C(N)=N/OC)cn3)[se]2)cc1. The Bertz CT molecular complexity index is 885. The minimum absolute atomic E-state index is 0.161. The van der Waals surface area contributed by atoms with Crippen LogP contribution in [0.1, 0.15) is 11.1 Å². The van der Waals surface area contributed by atoms with Gasteiger partial charge in [0.25, 0.3) is 0 Å². The number of hydrogen-bond donors (Lipinski definition) is 2. The van der Waals surface area contributed by atoms with Gasteiger partial charge in [-0.1, -0.05) is 0 Å². The van der Waals surface area contributed by atoms with Gasteiger partial charge in [0.1, 0.15) is 0 Å². The summed E-state index contributed by atoms with van der Waals surface area (Å²) in [5.41, 5.74) is 15.3. The standard InChI is InChI=1S/C19H19N5O2Se/c1-25-23-18(20)13-5-3-12(4-6-13)16-9-10-17(27-16)15-8-7-14(11-22-15)19(21)24-26-2/h3-11H,1-2H3,(H2,20,23)(H2,21,24). The molecule has 8 heteroatoms. The van der Waals surface area contributed by atoms with Gasteiger partial charge in [0, 0.05) is 0 Å². The van der Waals surface area contributed by atoms with Gasteiger partial charge in [0.05, 0.1) is 0 Å². The van der Waals surface area contributed by atoms with Crippen LogP contribution in [0.2, 0.25) is 0 Å². The predicted octanol–water partition coefficient (Wildman–Crippen LogP) is 2.01. The van der Waals surface area contributed by atoms with Crippen molar-refractivity contribution in [2.75, 3.05) is 14.2 Å². The van der Waals surface area contributed by atoms with Gasteiger partial charge in [0.2, 0.25) is 0 Å². The van der Waals surface area contributed by atoms with Crippen molar-refractivity contribution in [1.29, 1.82) is 0 Å².